The van der Waals surface area contributed by atoms with Gasteiger partial charge in [0.2, 0.25) is 0 Å². The normalized spacial score (nSPS) is 11.1. The van der Waals surface area contributed by atoms with Crippen molar-refractivity contribution in [3.8, 4) is 0 Å². The second-order valence-corrected chi connectivity index (χ2v) is 6.02. The third-order valence-corrected chi connectivity index (χ3v) is 3.32. The summed E-state index contributed by atoms with van der Waals surface area (Å²) < 4.78 is 0. The Balaban J connectivity index is 2.59. The third-order valence-electron chi connectivity index (χ3n) is 2.23. The first-order valence-corrected chi connectivity index (χ1v) is 7.32. The Morgan fingerprint density at radius 3 is 2.76 bits per heavy atom. The van der Waals surface area contributed by atoms with Gasteiger partial charge in [0.05, 0.1) is 11.4 Å². The molecular formula is C13H23N3S. The van der Waals surface area contributed by atoms with Gasteiger partial charge in [-0.3, -0.25) is 0 Å². The molecule has 1 rings (SSSR count). The Labute approximate surface area is 109 Å². The Kier molecular flexibility index (Phi) is 6.52. The molecule has 0 fully saturated rings. The zero-order chi connectivity index (χ0) is 12.7. The molecule has 17 heavy (non-hydrogen) atoms. The second kappa shape index (κ2) is 7.67. The zero-order valence-electron chi connectivity index (χ0n) is 11.3. The molecule has 0 saturated carbocycles. The lowest BCUT2D eigenvalue weighted by molar-refractivity contribution is 0.659. The van der Waals surface area contributed by atoms with Crippen molar-refractivity contribution in [2.75, 3.05) is 6.54 Å². The van der Waals surface area contributed by atoms with Crippen molar-refractivity contribution in [2.24, 2.45) is 0 Å². The molecule has 96 valence electrons. The van der Waals surface area contributed by atoms with Crippen molar-refractivity contribution in [3.05, 3.63) is 23.3 Å². The maximum absolute atomic E-state index is 4.58. The second-order valence-electron chi connectivity index (χ2n) is 4.45. The average molecular weight is 253 g/mol. The quantitative estimate of drug-likeness (QED) is 0.758. The summed E-state index contributed by atoms with van der Waals surface area (Å²) in [5.41, 5.74) is 2.16. The topological polar surface area (TPSA) is 37.8 Å². The van der Waals surface area contributed by atoms with E-state index < -0.39 is 0 Å². The SMILES string of the molecule is CCCNCc1cc(C)nc(CSC(C)C)n1. The van der Waals surface area contributed by atoms with Crippen LogP contribution in [0.1, 0.15) is 44.4 Å². The first kappa shape index (κ1) is 14.5. The van der Waals surface area contributed by atoms with Crippen LogP contribution in [0.15, 0.2) is 6.07 Å². The molecule has 1 aromatic rings. The van der Waals surface area contributed by atoms with Crippen LogP contribution >= 0.6 is 11.8 Å². The molecule has 0 radical (unpaired) electrons. The van der Waals surface area contributed by atoms with Gasteiger partial charge in [0.25, 0.3) is 0 Å². The fourth-order valence-corrected chi connectivity index (χ4v) is 2.10. The minimum atomic E-state index is 0.626. The molecule has 0 atom stereocenters. The average Bonchev–Trinajstić information content (AvgIpc) is 2.26. The van der Waals surface area contributed by atoms with Gasteiger partial charge in [-0.15, -0.1) is 0 Å². The standard InChI is InChI=1S/C13H23N3S/c1-5-6-14-8-12-7-11(4)15-13(16-12)9-17-10(2)3/h7,10,14H,5-6,8-9H2,1-4H3. The number of aryl methyl sites for hydroxylation is 1. The minimum absolute atomic E-state index is 0.626. The summed E-state index contributed by atoms with van der Waals surface area (Å²) >= 11 is 1.88. The van der Waals surface area contributed by atoms with Crippen molar-refractivity contribution >= 4 is 11.8 Å². The smallest absolute Gasteiger partial charge is 0.138 e. The number of hydrogen-bond donors (Lipinski definition) is 1. The van der Waals surface area contributed by atoms with Crippen LogP contribution in [0.4, 0.5) is 0 Å². The highest BCUT2D eigenvalue weighted by Crippen LogP contribution is 2.15. The molecule has 1 heterocycles. The van der Waals surface area contributed by atoms with E-state index in [0.717, 1.165) is 42.5 Å². The van der Waals surface area contributed by atoms with E-state index in [1.54, 1.807) is 0 Å². The van der Waals surface area contributed by atoms with E-state index in [1.165, 1.54) is 0 Å². The van der Waals surface area contributed by atoms with Gasteiger partial charge in [-0.25, -0.2) is 9.97 Å². The molecular weight excluding hydrogens is 230 g/mol. The van der Waals surface area contributed by atoms with Gasteiger partial charge in [0.15, 0.2) is 0 Å². The van der Waals surface area contributed by atoms with Crippen molar-refractivity contribution in [2.45, 2.75) is 51.7 Å². The van der Waals surface area contributed by atoms with E-state index in [9.17, 15) is 0 Å². The van der Waals surface area contributed by atoms with Crippen LogP contribution in [0.3, 0.4) is 0 Å². The van der Waals surface area contributed by atoms with E-state index in [0.29, 0.717) is 5.25 Å². The monoisotopic (exact) mass is 253 g/mol. The lowest BCUT2D eigenvalue weighted by Gasteiger charge is -2.08. The highest BCUT2D eigenvalue weighted by molar-refractivity contribution is 7.99. The van der Waals surface area contributed by atoms with Crippen molar-refractivity contribution in [1.29, 1.82) is 0 Å². The van der Waals surface area contributed by atoms with Crippen LogP contribution in [0.5, 0.6) is 0 Å². The number of aromatic nitrogens is 2. The largest absolute Gasteiger partial charge is 0.311 e. The molecule has 0 unspecified atom stereocenters. The van der Waals surface area contributed by atoms with Crippen LogP contribution in [-0.4, -0.2) is 21.8 Å². The maximum Gasteiger partial charge on any atom is 0.138 e. The first-order chi connectivity index (χ1) is 8.11. The van der Waals surface area contributed by atoms with Crippen LogP contribution in [-0.2, 0) is 12.3 Å². The van der Waals surface area contributed by atoms with Crippen LogP contribution in [0.25, 0.3) is 0 Å². The van der Waals surface area contributed by atoms with Gasteiger partial charge in [-0.1, -0.05) is 20.8 Å². The van der Waals surface area contributed by atoms with E-state index >= 15 is 0 Å². The van der Waals surface area contributed by atoms with Gasteiger partial charge >= 0.3 is 0 Å². The van der Waals surface area contributed by atoms with E-state index in [4.69, 9.17) is 0 Å². The molecule has 1 aromatic heterocycles. The lowest BCUT2D eigenvalue weighted by atomic mass is 10.3. The lowest BCUT2D eigenvalue weighted by Crippen LogP contribution is -2.16. The molecule has 4 heteroatoms. The maximum atomic E-state index is 4.58. The molecule has 0 aliphatic heterocycles. The summed E-state index contributed by atoms with van der Waals surface area (Å²) in [7, 11) is 0. The number of hydrogen-bond acceptors (Lipinski definition) is 4. The summed E-state index contributed by atoms with van der Waals surface area (Å²) in [4.78, 5) is 9.06. The van der Waals surface area contributed by atoms with Gasteiger partial charge in [0.1, 0.15) is 5.82 Å². The summed E-state index contributed by atoms with van der Waals surface area (Å²) in [6.07, 6.45) is 1.15. The number of rotatable bonds is 7. The van der Waals surface area contributed by atoms with E-state index in [-0.39, 0.29) is 0 Å². The molecule has 0 aromatic carbocycles. The minimum Gasteiger partial charge on any atom is -0.311 e. The highest BCUT2D eigenvalue weighted by Gasteiger charge is 2.03. The van der Waals surface area contributed by atoms with Gasteiger partial charge < -0.3 is 5.32 Å². The Morgan fingerprint density at radius 1 is 1.35 bits per heavy atom. The predicted octanol–water partition coefficient (Wildman–Crippen LogP) is 2.93. The molecule has 0 spiro atoms. The molecule has 0 aliphatic carbocycles. The number of nitrogens with zero attached hydrogens (tertiary/aromatic N) is 2. The summed E-state index contributed by atoms with van der Waals surface area (Å²) in [5, 5.41) is 4.00. The molecule has 0 amide bonds. The summed E-state index contributed by atoms with van der Waals surface area (Å²) in [6.45, 7) is 10.5. The van der Waals surface area contributed by atoms with E-state index in [2.05, 4.69) is 42.1 Å². The fraction of sp³-hybridized carbons (Fsp3) is 0.692. The summed E-state index contributed by atoms with van der Waals surface area (Å²) in [5.74, 6) is 1.86. The first-order valence-electron chi connectivity index (χ1n) is 6.27. The van der Waals surface area contributed by atoms with Crippen LogP contribution < -0.4 is 5.32 Å². The van der Waals surface area contributed by atoms with Crippen molar-refractivity contribution in [1.82, 2.24) is 15.3 Å². The summed E-state index contributed by atoms with van der Waals surface area (Å²) in [6, 6.07) is 2.06. The van der Waals surface area contributed by atoms with Crippen LogP contribution in [0.2, 0.25) is 0 Å². The van der Waals surface area contributed by atoms with E-state index in [1.807, 2.05) is 18.7 Å². The Bertz CT molecular complexity index is 339. The third kappa shape index (κ3) is 6.03. The zero-order valence-corrected chi connectivity index (χ0v) is 12.1. The molecule has 1 N–H and O–H groups in total. The van der Waals surface area contributed by atoms with Crippen LogP contribution in [0, 0.1) is 6.92 Å². The Hall–Kier alpha value is -0.610. The van der Waals surface area contributed by atoms with Gasteiger partial charge in [-0.2, -0.15) is 11.8 Å². The Morgan fingerprint density at radius 2 is 2.12 bits per heavy atom. The molecule has 0 aliphatic rings. The van der Waals surface area contributed by atoms with Gasteiger partial charge in [0, 0.05) is 12.2 Å². The van der Waals surface area contributed by atoms with Gasteiger partial charge in [-0.05, 0) is 31.2 Å². The fourth-order valence-electron chi connectivity index (χ4n) is 1.49. The molecule has 0 saturated heterocycles. The molecule has 0 bridgehead atoms. The van der Waals surface area contributed by atoms with Crippen molar-refractivity contribution in [3.63, 3.8) is 0 Å². The highest BCUT2D eigenvalue weighted by atomic mass is 32.2. The number of nitrogens with one attached hydrogen (secondary N) is 1. The number of thioether (sulfide) groups is 1. The molecule has 3 nitrogen and oxygen atoms in total. The van der Waals surface area contributed by atoms with Crippen molar-refractivity contribution < 1.29 is 0 Å². The predicted molar refractivity (Wildman–Crippen MR) is 75.2 cm³/mol.